The highest BCUT2D eigenvalue weighted by atomic mass is 79.9. The van der Waals surface area contributed by atoms with Gasteiger partial charge in [-0.25, -0.2) is 5.43 Å². The number of hydrazone groups is 1. The minimum atomic E-state index is -0.616. The lowest BCUT2D eigenvalue weighted by molar-refractivity contribution is -0.384. The van der Waals surface area contributed by atoms with E-state index >= 15 is 0 Å². The van der Waals surface area contributed by atoms with E-state index in [1.807, 2.05) is 0 Å². The summed E-state index contributed by atoms with van der Waals surface area (Å²) in [6.45, 7) is -0.279. The van der Waals surface area contributed by atoms with Crippen molar-refractivity contribution >= 4 is 51.2 Å². The minimum absolute atomic E-state index is 0.00553. The Morgan fingerprint density at radius 1 is 1.27 bits per heavy atom. The number of nitro benzene ring substituents is 1. The first kappa shape index (κ1) is 19.5. The van der Waals surface area contributed by atoms with Crippen molar-refractivity contribution in [3.8, 4) is 0 Å². The van der Waals surface area contributed by atoms with Gasteiger partial charge in [-0.3, -0.25) is 19.7 Å². The lowest BCUT2D eigenvalue weighted by Crippen LogP contribution is -2.35. The van der Waals surface area contributed by atoms with Gasteiger partial charge >= 0.3 is 0 Å². The highest BCUT2D eigenvalue weighted by Crippen LogP contribution is 2.24. The van der Waals surface area contributed by atoms with Crippen molar-refractivity contribution in [2.45, 2.75) is 0 Å². The van der Waals surface area contributed by atoms with Gasteiger partial charge in [0.1, 0.15) is 5.02 Å². The third kappa shape index (κ3) is 5.36. The average molecular weight is 440 g/mol. The molecule has 26 heavy (non-hydrogen) atoms. The van der Waals surface area contributed by atoms with E-state index in [0.717, 1.165) is 0 Å². The lowest BCUT2D eigenvalue weighted by Gasteiger charge is -2.05. The van der Waals surface area contributed by atoms with E-state index in [2.05, 4.69) is 31.8 Å². The van der Waals surface area contributed by atoms with Crippen LogP contribution in [0.2, 0.25) is 5.02 Å². The second-order valence-corrected chi connectivity index (χ2v) is 6.19. The van der Waals surface area contributed by atoms with Crippen molar-refractivity contribution in [3.05, 3.63) is 73.2 Å². The number of halogens is 2. The molecule has 8 nitrogen and oxygen atoms in total. The Morgan fingerprint density at radius 3 is 2.69 bits per heavy atom. The van der Waals surface area contributed by atoms with Gasteiger partial charge in [-0.2, -0.15) is 5.10 Å². The van der Waals surface area contributed by atoms with Crippen LogP contribution in [0.1, 0.15) is 15.9 Å². The van der Waals surface area contributed by atoms with Crippen molar-refractivity contribution in [2.24, 2.45) is 5.10 Å². The van der Waals surface area contributed by atoms with Crippen LogP contribution in [0.4, 0.5) is 5.69 Å². The minimum Gasteiger partial charge on any atom is -0.343 e. The zero-order chi connectivity index (χ0) is 19.1. The molecule has 0 atom stereocenters. The van der Waals surface area contributed by atoms with Crippen LogP contribution in [0.5, 0.6) is 0 Å². The molecule has 0 heterocycles. The van der Waals surface area contributed by atoms with Crippen LogP contribution < -0.4 is 10.7 Å². The Morgan fingerprint density at radius 2 is 2.00 bits per heavy atom. The molecule has 2 amide bonds. The molecule has 0 spiro atoms. The predicted octanol–water partition coefficient (Wildman–Crippen LogP) is 2.89. The Kier molecular flexibility index (Phi) is 6.81. The third-order valence-electron chi connectivity index (χ3n) is 3.10. The molecule has 2 aromatic carbocycles. The van der Waals surface area contributed by atoms with Crippen molar-refractivity contribution in [1.29, 1.82) is 0 Å². The highest BCUT2D eigenvalue weighted by Gasteiger charge is 2.12. The first-order valence-electron chi connectivity index (χ1n) is 7.17. The van der Waals surface area contributed by atoms with Crippen LogP contribution in [0.3, 0.4) is 0 Å². The maximum absolute atomic E-state index is 12.0. The van der Waals surface area contributed by atoms with Gasteiger partial charge in [0.2, 0.25) is 0 Å². The second kappa shape index (κ2) is 9.07. The summed E-state index contributed by atoms with van der Waals surface area (Å²) in [4.78, 5) is 33.9. The van der Waals surface area contributed by atoms with Gasteiger partial charge in [0.15, 0.2) is 0 Å². The molecule has 134 valence electrons. The molecule has 0 unspecified atom stereocenters. The van der Waals surface area contributed by atoms with Gasteiger partial charge in [0, 0.05) is 16.1 Å². The number of hydrogen-bond donors (Lipinski definition) is 2. The molecule has 0 bridgehead atoms. The second-order valence-electron chi connectivity index (χ2n) is 4.92. The van der Waals surface area contributed by atoms with Gasteiger partial charge in [-0.05, 0) is 34.1 Å². The average Bonchev–Trinajstić information content (AvgIpc) is 2.61. The molecule has 0 aliphatic rings. The topological polar surface area (TPSA) is 114 Å². The van der Waals surface area contributed by atoms with Crippen LogP contribution in [0.15, 0.2) is 52.0 Å². The molecule has 0 aliphatic heterocycles. The highest BCUT2D eigenvalue weighted by molar-refractivity contribution is 9.10. The molecule has 0 aromatic heterocycles. The van der Waals surface area contributed by atoms with Crippen molar-refractivity contribution in [1.82, 2.24) is 10.7 Å². The Balaban J connectivity index is 1.88. The zero-order valence-corrected chi connectivity index (χ0v) is 15.5. The Labute approximate surface area is 161 Å². The molecule has 10 heteroatoms. The van der Waals surface area contributed by atoms with E-state index in [1.54, 1.807) is 24.3 Å². The van der Waals surface area contributed by atoms with Crippen LogP contribution in [-0.2, 0) is 4.79 Å². The smallest absolute Gasteiger partial charge is 0.288 e. The Bertz CT molecular complexity index is 888. The maximum atomic E-state index is 12.0. The summed E-state index contributed by atoms with van der Waals surface area (Å²) < 4.78 is 0.611. The standard InChI is InChI=1S/C16H12BrClN4O4/c17-12-4-2-1-3-11(12)16(24)19-9-15(23)21-20-8-10-5-6-13(18)14(7-10)22(25)26/h1-8H,9H2,(H,19,24)(H,21,23). The summed E-state index contributed by atoms with van der Waals surface area (Å²) in [5, 5.41) is 17.0. The molecule has 0 radical (unpaired) electrons. The number of carbonyl (C=O) groups is 2. The zero-order valence-electron chi connectivity index (χ0n) is 13.1. The number of benzene rings is 2. The fourth-order valence-electron chi connectivity index (χ4n) is 1.87. The van der Waals surface area contributed by atoms with E-state index in [1.165, 1.54) is 24.4 Å². The SMILES string of the molecule is O=C(CNC(=O)c1ccccc1Br)NN=Cc1ccc(Cl)c([N+](=O)[O-])c1. The van der Waals surface area contributed by atoms with Crippen LogP contribution in [-0.4, -0.2) is 29.5 Å². The monoisotopic (exact) mass is 438 g/mol. The van der Waals surface area contributed by atoms with Crippen molar-refractivity contribution in [2.75, 3.05) is 6.54 Å². The molecule has 2 N–H and O–H groups in total. The lowest BCUT2D eigenvalue weighted by atomic mass is 10.2. The van der Waals surface area contributed by atoms with Gasteiger partial charge in [0.05, 0.1) is 23.2 Å². The van der Waals surface area contributed by atoms with Gasteiger partial charge in [0.25, 0.3) is 17.5 Å². The summed E-state index contributed by atoms with van der Waals surface area (Å²) >= 11 is 8.96. The van der Waals surface area contributed by atoms with Crippen LogP contribution >= 0.6 is 27.5 Å². The van der Waals surface area contributed by atoms with Crippen molar-refractivity contribution < 1.29 is 14.5 Å². The summed E-state index contributed by atoms with van der Waals surface area (Å²) in [7, 11) is 0. The van der Waals surface area contributed by atoms with Crippen LogP contribution in [0, 0.1) is 10.1 Å². The molecule has 0 fully saturated rings. The van der Waals surface area contributed by atoms with E-state index in [-0.39, 0.29) is 17.3 Å². The van der Waals surface area contributed by atoms with Crippen LogP contribution in [0.25, 0.3) is 0 Å². The number of hydrogen-bond acceptors (Lipinski definition) is 5. The van der Waals surface area contributed by atoms with Gasteiger partial charge in [-0.1, -0.05) is 29.8 Å². The Hall–Kier alpha value is -2.78. The summed E-state index contributed by atoms with van der Waals surface area (Å²) in [6.07, 6.45) is 1.23. The molecule has 0 saturated carbocycles. The van der Waals surface area contributed by atoms with Gasteiger partial charge in [-0.15, -0.1) is 0 Å². The first-order valence-corrected chi connectivity index (χ1v) is 8.34. The molecular weight excluding hydrogens is 428 g/mol. The van der Waals surface area contributed by atoms with E-state index in [4.69, 9.17) is 11.6 Å². The fraction of sp³-hybridized carbons (Fsp3) is 0.0625. The van der Waals surface area contributed by atoms with E-state index in [9.17, 15) is 19.7 Å². The van der Waals surface area contributed by atoms with Crippen molar-refractivity contribution in [3.63, 3.8) is 0 Å². The summed E-state index contributed by atoms with van der Waals surface area (Å²) in [6, 6.07) is 10.9. The number of nitrogens with one attached hydrogen (secondary N) is 2. The number of rotatable bonds is 6. The van der Waals surface area contributed by atoms with Gasteiger partial charge < -0.3 is 5.32 Å². The molecule has 2 aromatic rings. The molecular formula is C16H12BrClN4O4. The number of carbonyl (C=O) groups excluding carboxylic acids is 2. The summed E-state index contributed by atoms with van der Waals surface area (Å²) in [5.74, 6) is -0.963. The fourth-order valence-corrected chi connectivity index (χ4v) is 2.52. The predicted molar refractivity (Wildman–Crippen MR) is 100 cm³/mol. The normalized spacial score (nSPS) is 10.5. The maximum Gasteiger partial charge on any atom is 0.288 e. The van der Waals surface area contributed by atoms with E-state index < -0.39 is 16.7 Å². The largest absolute Gasteiger partial charge is 0.343 e. The quantitative estimate of drug-likeness (QED) is 0.409. The number of nitro groups is 1. The summed E-state index contributed by atoms with van der Waals surface area (Å²) in [5.41, 5.74) is 2.74. The molecule has 0 aliphatic carbocycles. The first-order chi connectivity index (χ1) is 12.4. The molecule has 2 rings (SSSR count). The van der Waals surface area contributed by atoms with E-state index in [0.29, 0.717) is 15.6 Å². The number of nitrogens with zero attached hydrogens (tertiary/aromatic N) is 2. The number of amides is 2. The third-order valence-corrected chi connectivity index (χ3v) is 4.11. The molecule has 0 saturated heterocycles.